The third kappa shape index (κ3) is 1.58. The number of nitrogens with zero attached hydrogens (tertiary/aromatic N) is 4. The molecule has 0 radical (unpaired) electrons. The summed E-state index contributed by atoms with van der Waals surface area (Å²) in [5.74, 6) is 0.409. The van der Waals surface area contributed by atoms with Crippen molar-refractivity contribution in [3.05, 3.63) is 36.9 Å². The molecule has 1 aromatic carbocycles. The molecule has 2 aromatic heterocycles. The van der Waals surface area contributed by atoms with Gasteiger partial charge < -0.3 is 9.47 Å². The van der Waals surface area contributed by atoms with E-state index in [-0.39, 0.29) is 11.5 Å². The van der Waals surface area contributed by atoms with Crippen LogP contribution in [0.3, 0.4) is 0 Å². The highest BCUT2D eigenvalue weighted by Crippen LogP contribution is 2.46. The molecule has 0 bridgehead atoms. The zero-order valence-electron chi connectivity index (χ0n) is 9.83. The van der Waals surface area contributed by atoms with Crippen LogP contribution < -0.4 is 9.47 Å². The van der Waals surface area contributed by atoms with Crippen LogP contribution in [0.4, 0.5) is 8.78 Å². The van der Waals surface area contributed by atoms with Gasteiger partial charge in [0.25, 0.3) is 5.78 Å². The van der Waals surface area contributed by atoms with Crippen LogP contribution in [0.5, 0.6) is 11.5 Å². The van der Waals surface area contributed by atoms with Gasteiger partial charge in [0.15, 0.2) is 11.5 Å². The standard InChI is InChI=1S/C12H6F2N4O2/c13-12(14)19-9-3-1-2-8(10(9)20-12)7-4-15-11-17-16-6-18(11)5-7/h1-6H. The summed E-state index contributed by atoms with van der Waals surface area (Å²) >= 11 is 0. The number of ether oxygens (including phenoxy) is 2. The van der Waals surface area contributed by atoms with Gasteiger partial charge in [0.2, 0.25) is 0 Å². The lowest BCUT2D eigenvalue weighted by Crippen LogP contribution is -2.26. The molecule has 1 aliphatic heterocycles. The maximum Gasteiger partial charge on any atom is 0.586 e. The second-order valence-corrected chi connectivity index (χ2v) is 4.18. The molecule has 0 fully saturated rings. The Hall–Kier alpha value is -2.77. The molecule has 4 rings (SSSR count). The predicted octanol–water partition coefficient (Wildman–Crippen LogP) is 2.11. The van der Waals surface area contributed by atoms with Crippen LogP contribution >= 0.6 is 0 Å². The number of hydrogen-bond acceptors (Lipinski definition) is 5. The van der Waals surface area contributed by atoms with Gasteiger partial charge >= 0.3 is 6.29 Å². The van der Waals surface area contributed by atoms with E-state index in [4.69, 9.17) is 0 Å². The van der Waals surface area contributed by atoms with E-state index in [9.17, 15) is 8.78 Å². The Bertz CT molecular complexity index is 818. The summed E-state index contributed by atoms with van der Waals surface area (Å²) in [6, 6.07) is 4.68. The van der Waals surface area contributed by atoms with Crippen molar-refractivity contribution >= 4 is 5.78 Å². The Balaban J connectivity index is 1.89. The highest BCUT2D eigenvalue weighted by molar-refractivity contribution is 5.73. The molecule has 3 heterocycles. The van der Waals surface area contributed by atoms with Crippen molar-refractivity contribution < 1.29 is 18.3 Å². The third-order valence-electron chi connectivity index (χ3n) is 2.89. The number of halogens is 2. The number of alkyl halides is 2. The largest absolute Gasteiger partial charge is 0.586 e. The van der Waals surface area contributed by atoms with Gasteiger partial charge in [-0.15, -0.1) is 19.0 Å². The van der Waals surface area contributed by atoms with Gasteiger partial charge in [-0.3, -0.25) is 4.40 Å². The smallest absolute Gasteiger partial charge is 0.395 e. The Morgan fingerprint density at radius 3 is 3.00 bits per heavy atom. The minimum Gasteiger partial charge on any atom is -0.395 e. The minimum atomic E-state index is -3.65. The van der Waals surface area contributed by atoms with Gasteiger partial charge in [-0.05, 0) is 6.07 Å². The molecule has 0 saturated heterocycles. The topological polar surface area (TPSA) is 61.5 Å². The molecule has 0 N–H and O–H groups in total. The number of hydrogen-bond donors (Lipinski definition) is 0. The van der Waals surface area contributed by atoms with Crippen LogP contribution in [0.15, 0.2) is 36.9 Å². The fraction of sp³-hybridized carbons (Fsp3) is 0.0833. The van der Waals surface area contributed by atoms with Gasteiger partial charge in [-0.2, -0.15) is 0 Å². The van der Waals surface area contributed by atoms with Gasteiger partial charge in [0.05, 0.1) is 0 Å². The van der Waals surface area contributed by atoms with E-state index in [0.29, 0.717) is 16.9 Å². The van der Waals surface area contributed by atoms with Crippen molar-refractivity contribution in [3.63, 3.8) is 0 Å². The van der Waals surface area contributed by atoms with Crippen molar-refractivity contribution in [1.82, 2.24) is 19.6 Å². The molecule has 0 unspecified atom stereocenters. The van der Waals surface area contributed by atoms with Gasteiger partial charge in [-0.1, -0.05) is 12.1 Å². The van der Waals surface area contributed by atoms with Crippen LogP contribution in [0.2, 0.25) is 0 Å². The molecule has 0 atom stereocenters. The van der Waals surface area contributed by atoms with Crippen LogP contribution in [0, 0.1) is 0 Å². The van der Waals surface area contributed by atoms with Crippen LogP contribution in [-0.4, -0.2) is 25.9 Å². The number of fused-ring (bicyclic) bond motifs is 2. The first-order valence-electron chi connectivity index (χ1n) is 5.67. The summed E-state index contributed by atoms with van der Waals surface area (Å²) < 4.78 is 36.9. The van der Waals surface area contributed by atoms with E-state index < -0.39 is 6.29 Å². The molecule has 0 amide bonds. The molecule has 100 valence electrons. The SMILES string of the molecule is FC1(F)Oc2cccc(-c3cnc4nncn4c3)c2O1. The zero-order chi connectivity index (χ0) is 13.7. The summed E-state index contributed by atoms with van der Waals surface area (Å²) in [4.78, 5) is 4.08. The molecule has 20 heavy (non-hydrogen) atoms. The third-order valence-corrected chi connectivity index (χ3v) is 2.89. The Morgan fingerprint density at radius 1 is 1.20 bits per heavy atom. The molecule has 6 nitrogen and oxygen atoms in total. The number of rotatable bonds is 1. The summed E-state index contributed by atoms with van der Waals surface area (Å²) in [5.41, 5.74) is 1.05. The van der Waals surface area contributed by atoms with E-state index in [2.05, 4.69) is 24.7 Å². The Kier molecular flexibility index (Phi) is 2.01. The summed E-state index contributed by atoms with van der Waals surface area (Å²) in [7, 11) is 0. The monoisotopic (exact) mass is 276 g/mol. The average Bonchev–Trinajstić information content (AvgIpc) is 2.98. The molecule has 0 aliphatic carbocycles. The van der Waals surface area contributed by atoms with Crippen LogP contribution in [-0.2, 0) is 0 Å². The zero-order valence-corrected chi connectivity index (χ0v) is 9.83. The fourth-order valence-corrected chi connectivity index (χ4v) is 2.07. The Morgan fingerprint density at radius 2 is 2.10 bits per heavy atom. The molecule has 1 aliphatic rings. The lowest BCUT2D eigenvalue weighted by atomic mass is 10.1. The van der Waals surface area contributed by atoms with Gasteiger partial charge in [0.1, 0.15) is 6.33 Å². The van der Waals surface area contributed by atoms with Crippen LogP contribution in [0.1, 0.15) is 0 Å². The fourth-order valence-electron chi connectivity index (χ4n) is 2.07. The van der Waals surface area contributed by atoms with E-state index in [1.54, 1.807) is 22.7 Å². The first-order valence-corrected chi connectivity index (χ1v) is 5.67. The van der Waals surface area contributed by atoms with E-state index >= 15 is 0 Å². The molecular formula is C12H6F2N4O2. The van der Waals surface area contributed by atoms with Crippen molar-refractivity contribution in [2.45, 2.75) is 6.29 Å². The van der Waals surface area contributed by atoms with Crippen molar-refractivity contribution in [2.75, 3.05) is 0 Å². The second-order valence-electron chi connectivity index (χ2n) is 4.18. The average molecular weight is 276 g/mol. The van der Waals surface area contributed by atoms with Crippen molar-refractivity contribution in [3.8, 4) is 22.6 Å². The maximum absolute atomic E-state index is 13.2. The van der Waals surface area contributed by atoms with Crippen LogP contribution in [0.25, 0.3) is 16.9 Å². The number of para-hydroxylation sites is 1. The number of benzene rings is 1. The lowest BCUT2D eigenvalue weighted by molar-refractivity contribution is -0.286. The number of aromatic nitrogens is 4. The normalized spacial score (nSPS) is 15.7. The highest BCUT2D eigenvalue weighted by Gasteiger charge is 2.44. The first kappa shape index (κ1) is 11.1. The van der Waals surface area contributed by atoms with Crippen molar-refractivity contribution in [2.24, 2.45) is 0 Å². The predicted molar refractivity (Wildman–Crippen MR) is 62.4 cm³/mol. The molecule has 8 heteroatoms. The Labute approximate surface area is 110 Å². The lowest BCUT2D eigenvalue weighted by Gasteiger charge is -2.07. The van der Waals surface area contributed by atoms with E-state index in [1.165, 1.54) is 18.6 Å². The minimum absolute atomic E-state index is 0.00338. The first-order chi connectivity index (χ1) is 9.62. The molecule has 0 saturated carbocycles. The maximum atomic E-state index is 13.2. The van der Waals surface area contributed by atoms with E-state index in [0.717, 1.165) is 0 Å². The molecular weight excluding hydrogens is 270 g/mol. The molecule has 3 aromatic rings. The van der Waals surface area contributed by atoms with E-state index in [1.807, 2.05) is 0 Å². The highest BCUT2D eigenvalue weighted by atomic mass is 19.3. The molecule has 0 spiro atoms. The summed E-state index contributed by atoms with van der Waals surface area (Å²) in [6.45, 7) is 0. The summed E-state index contributed by atoms with van der Waals surface area (Å²) in [5, 5.41) is 7.48. The van der Waals surface area contributed by atoms with Gasteiger partial charge in [0, 0.05) is 23.5 Å². The second kappa shape index (κ2) is 3.62. The van der Waals surface area contributed by atoms with Crippen molar-refractivity contribution in [1.29, 1.82) is 0 Å². The quantitative estimate of drug-likeness (QED) is 0.681. The summed E-state index contributed by atoms with van der Waals surface area (Å²) in [6.07, 6.45) is 1.02. The van der Waals surface area contributed by atoms with Gasteiger partial charge in [-0.25, -0.2) is 4.98 Å².